The van der Waals surface area contributed by atoms with Crippen molar-refractivity contribution in [3.8, 4) is 5.40 Å². The zero-order valence-electron chi connectivity index (χ0n) is 12.6. The maximum atomic E-state index is 11.9. The lowest BCUT2D eigenvalue weighted by molar-refractivity contribution is -0.119. The van der Waals surface area contributed by atoms with Crippen molar-refractivity contribution < 1.29 is 14.3 Å². The number of amides is 1. The molecule has 1 aromatic carbocycles. The molecule has 8 heteroatoms. The van der Waals surface area contributed by atoms with E-state index in [1.165, 1.54) is 6.20 Å². The molecule has 0 aliphatic heterocycles. The van der Waals surface area contributed by atoms with Crippen molar-refractivity contribution in [3.63, 3.8) is 0 Å². The minimum atomic E-state index is -0.628. The summed E-state index contributed by atoms with van der Waals surface area (Å²) in [5.74, 6) is -1.08. The number of pyridine rings is 1. The maximum absolute atomic E-state index is 11.9. The zero-order valence-corrected chi connectivity index (χ0v) is 15.0. The number of aromatic nitrogens is 1. The number of anilines is 1. The van der Waals surface area contributed by atoms with Crippen molar-refractivity contribution in [1.82, 2.24) is 4.98 Å². The summed E-state index contributed by atoms with van der Waals surface area (Å²) in [5.41, 5.74) is 1.67. The first-order valence-corrected chi connectivity index (χ1v) is 8.34. The van der Waals surface area contributed by atoms with Crippen LogP contribution < -0.4 is 5.32 Å². The minimum Gasteiger partial charge on any atom is -0.452 e. The van der Waals surface area contributed by atoms with Crippen molar-refractivity contribution >= 4 is 45.3 Å². The number of nitrogens with zero attached hydrogens (tertiary/aromatic N) is 2. The predicted molar refractivity (Wildman–Crippen MR) is 93.5 cm³/mol. The molecule has 0 aliphatic carbocycles. The number of rotatable bonds is 5. The molecule has 0 spiro atoms. The van der Waals surface area contributed by atoms with E-state index in [-0.39, 0.29) is 5.56 Å². The van der Waals surface area contributed by atoms with E-state index < -0.39 is 18.5 Å². The fourth-order valence-electron chi connectivity index (χ4n) is 1.82. The monoisotopic (exact) mass is 405 g/mol. The van der Waals surface area contributed by atoms with Gasteiger partial charge >= 0.3 is 5.97 Å². The van der Waals surface area contributed by atoms with E-state index in [0.29, 0.717) is 10.2 Å². The molecule has 6 nitrogen and oxygen atoms in total. The van der Waals surface area contributed by atoms with Crippen LogP contribution in [0.5, 0.6) is 0 Å². The first kappa shape index (κ1) is 18.0. The number of thiocyanates is 1. The van der Waals surface area contributed by atoms with Crippen LogP contribution in [0.15, 0.2) is 46.0 Å². The first-order valence-electron chi connectivity index (χ1n) is 6.73. The van der Waals surface area contributed by atoms with Crippen molar-refractivity contribution in [2.45, 2.75) is 11.8 Å². The van der Waals surface area contributed by atoms with Crippen molar-refractivity contribution in [1.29, 1.82) is 5.26 Å². The van der Waals surface area contributed by atoms with Gasteiger partial charge < -0.3 is 10.1 Å². The van der Waals surface area contributed by atoms with E-state index in [9.17, 15) is 9.59 Å². The molecule has 1 heterocycles. The van der Waals surface area contributed by atoms with Crippen LogP contribution in [0.4, 0.5) is 5.69 Å². The molecular formula is C16H12BrN3O3S. The lowest BCUT2D eigenvalue weighted by Gasteiger charge is -2.09. The summed E-state index contributed by atoms with van der Waals surface area (Å²) >= 11 is 4.25. The van der Waals surface area contributed by atoms with E-state index in [0.717, 1.165) is 22.2 Å². The number of hydrogen-bond donors (Lipinski definition) is 1. The molecule has 0 saturated heterocycles. The average Bonchev–Trinajstić information content (AvgIpc) is 2.55. The number of halogens is 1. The molecule has 0 fully saturated rings. The molecular weight excluding hydrogens is 394 g/mol. The molecule has 1 amide bonds. The van der Waals surface area contributed by atoms with E-state index in [4.69, 9.17) is 10.00 Å². The van der Waals surface area contributed by atoms with Crippen LogP contribution in [-0.2, 0) is 9.53 Å². The van der Waals surface area contributed by atoms with E-state index >= 15 is 0 Å². The molecule has 0 saturated carbocycles. The lowest BCUT2D eigenvalue weighted by atomic mass is 10.2. The number of benzene rings is 1. The normalized spacial score (nSPS) is 9.88. The second-order valence-electron chi connectivity index (χ2n) is 4.69. The summed E-state index contributed by atoms with van der Waals surface area (Å²) in [6.07, 6.45) is 2.90. The molecule has 0 unspecified atom stereocenters. The Balaban J connectivity index is 1.92. The average molecular weight is 406 g/mol. The van der Waals surface area contributed by atoms with E-state index in [1.54, 1.807) is 30.5 Å². The highest BCUT2D eigenvalue weighted by Gasteiger charge is 2.12. The smallest absolute Gasteiger partial charge is 0.340 e. The SMILES string of the molecule is Cc1cc(SC#N)ccc1NC(=O)COC(=O)c1cncc(Br)c1. The Kier molecular flexibility index (Phi) is 6.35. The highest BCUT2D eigenvalue weighted by atomic mass is 79.9. The summed E-state index contributed by atoms with van der Waals surface area (Å²) in [6.45, 7) is 1.41. The third kappa shape index (κ3) is 5.08. The summed E-state index contributed by atoms with van der Waals surface area (Å²) < 4.78 is 5.61. The molecule has 122 valence electrons. The van der Waals surface area contributed by atoms with Gasteiger partial charge in [-0.2, -0.15) is 5.26 Å². The molecule has 2 aromatic rings. The standard InChI is InChI=1S/C16H12BrN3O3S/c1-10-4-13(24-9-18)2-3-14(10)20-15(21)8-23-16(22)11-5-12(17)7-19-6-11/h2-7H,8H2,1H3,(H,20,21). The number of ether oxygens (including phenoxy) is 1. The Morgan fingerprint density at radius 1 is 1.38 bits per heavy atom. The Morgan fingerprint density at radius 3 is 2.83 bits per heavy atom. The van der Waals surface area contributed by atoms with Crippen molar-refractivity contribution in [2.75, 3.05) is 11.9 Å². The lowest BCUT2D eigenvalue weighted by Crippen LogP contribution is -2.21. The van der Waals surface area contributed by atoms with Gasteiger partial charge in [-0.1, -0.05) is 0 Å². The highest BCUT2D eigenvalue weighted by molar-refractivity contribution is 9.10. The Bertz CT molecular complexity index is 820. The molecule has 1 N–H and O–H groups in total. The van der Waals surface area contributed by atoms with Crippen molar-refractivity contribution in [3.05, 3.63) is 52.3 Å². The first-order chi connectivity index (χ1) is 11.5. The van der Waals surface area contributed by atoms with Gasteiger partial charge in [0, 0.05) is 27.4 Å². The summed E-state index contributed by atoms with van der Waals surface area (Å²) in [5, 5.41) is 13.3. The van der Waals surface area contributed by atoms with Gasteiger partial charge in [-0.25, -0.2) is 4.79 Å². The molecule has 2 rings (SSSR count). The van der Waals surface area contributed by atoms with Crippen LogP contribution in [0.3, 0.4) is 0 Å². The summed E-state index contributed by atoms with van der Waals surface area (Å²) in [4.78, 5) is 28.4. The second kappa shape index (κ2) is 8.47. The van der Waals surface area contributed by atoms with E-state index in [2.05, 4.69) is 26.2 Å². The molecule has 0 aliphatic rings. The van der Waals surface area contributed by atoms with Gasteiger partial charge in [-0.3, -0.25) is 9.78 Å². The second-order valence-corrected chi connectivity index (χ2v) is 6.46. The van der Waals surface area contributed by atoms with Gasteiger partial charge in [0.2, 0.25) is 0 Å². The van der Waals surface area contributed by atoms with E-state index in [1.807, 2.05) is 12.3 Å². The Hall–Kier alpha value is -2.37. The number of hydrogen-bond acceptors (Lipinski definition) is 6. The fourth-order valence-corrected chi connectivity index (χ4v) is 2.66. The number of nitrogens with one attached hydrogen (secondary N) is 1. The summed E-state index contributed by atoms with van der Waals surface area (Å²) in [6, 6.07) is 6.79. The third-order valence-electron chi connectivity index (χ3n) is 2.91. The predicted octanol–water partition coefficient (Wildman–Crippen LogP) is 3.52. The molecule has 0 bridgehead atoms. The van der Waals surface area contributed by atoms with Gasteiger partial charge in [-0.15, -0.1) is 0 Å². The number of thioether (sulfide) groups is 1. The minimum absolute atomic E-state index is 0.256. The number of carbonyl (C=O) groups is 2. The fraction of sp³-hybridized carbons (Fsp3) is 0.125. The topological polar surface area (TPSA) is 92.1 Å². The van der Waals surface area contributed by atoms with Crippen LogP contribution >= 0.6 is 27.7 Å². The van der Waals surface area contributed by atoms with Gasteiger partial charge in [0.05, 0.1) is 5.56 Å². The maximum Gasteiger partial charge on any atom is 0.340 e. The van der Waals surface area contributed by atoms with Crippen molar-refractivity contribution in [2.24, 2.45) is 0 Å². The van der Waals surface area contributed by atoms with Crippen LogP contribution in [0.2, 0.25) is 0 Å². The number of aryl methyl sites for hydroxylation is 1. The zero-order chi connectivity index (χ0) is 17.5. The molecule has 0 radical (unpaired) electrons. The number of carbonyl (C=O) groups excluding carboxylic acids is 2. The van der Waals surface area contributed by atoms with Crippen LogP contribution in [-0.4, -0.2) is 23.5 Å². The molecule has 24 heavy (non-hydrogen) atoms. The molecule has 0 atom stereocenters. The summed E-state index contributed by atoms with van der Waals surface area (Å²) in [7, 11) is 0. The van der Waals surface area contributed by atoms with Gasteiger partial charge in [0.15, 0.2) is 6.61 Å². The van der Waals surface area contributed by atoms with Gasteiger partial charge in [0.25, 0.3) is 5.91 Å². The largest absolute Gasteiger partial charge is 0.452 e. The Labute approximate surface area is 151 Å². The van der Waals surface area contributed by atoms with Crippen LogP contribution in [0.25, 0.3) is 0 Å². The highest BCUT2D eigenvalue weighted by Crippen LogP contribution is 2.23. The van der Waals surface area contributed by atoms with Gasteiger partial charge in [0.1, 0.15) is 5.40 Å². The van der Waals surface area contributed by atoms with Crippen LogP contribution in [0.1, 0.15) is 15.9 Å². The van der Waals surface area contributed by atoms with Gasteiger partial charge in [-0.05, 0) is 64.4 Å². The van der Waals surface area contributed by atoms with Crippen LogP contribution in [0, 0.1) is 17.6 Å². The molecule has 1 aromatic heterocycles. The number of nitriles is 1. The Morgan fingerprint density at radius 2 is 2.17 bits per heavy atom. The third-order valence-corrected chi connectivity index (χ3v) is 3.92. The quantitative estimate of drug-likeness (QED) is 0.464. The number of esters is 1.